The van der Waals surface area contributed by atoms with Crippen molar-refractivity contribution >= 4 is 23.2 Å². The highest BCUT2D eigenvalue weighted by atomic mass is 16.5. The summed E-state index contributed by atoms with van der Waals surface area (Å²) in [4.78, 5) is 24.0. The molecule has 0 heterocycles. The van der Waals surface area contributed by atoms with Gasteiger partial charge in [-0.3, -0.25) is 9.59 Å². The van der Waals surface area contributed by atoms with E-state index in [4.69, 9.17) is 4.74 Å². The molecule has 0 fully saturated rings. The third-order valence-corrected chi connectivity index (χ3v) is 3.72. The molecule has 0 saturated carbocycles. The van der Waals surface area contributed by atoms with Crippen molar-refractivity contribution in [3.63, 3.8) is 0 Å². The highest BCUT2D eigenvalue weighted by Gasteiger charge is 2.10. The Hall–Kier alpha value is -3.15. The summed E-state index contributed by atoms with van der Waals surface area (Å²) in [6.45, 7) is 1.97. The third kappa shape index (κ3) is 5.73. The van der Waals surface area contributed by atoms with Gasteiger partial charge in [0.25, 0.3) is 0 Å². The van der Waals surface area contributed by atoms with Gasteiger partial charge in [-0.2, -0.15) is 5.10 Å². The van der Waals surface area contributed by atoms with E-state index in [9.17, 15) is 9.59 Å². The minimum absolute atomic E-state index is 0.0519. The molecule has 0 aliphatic heterocycles. The van der Waals surface area contributed by atoms with Crippen LogP contribution in [-0.4, -0.2) is 24.6 Å². The normalized spacial score (nSPS) is 10.9. The number of benzene rings is 2. The quantitative estimate of drug-likeness (QED) is 0.564. The Bertz CT molecular complexity index is 773. The van der Waals surface area contributed by atoms with Gasteiger partial charge in [0.15, 0.2) is 0 Å². The molecule has 0 aliphatic carbocycles. The largest absolute Gasteiger partial charge is 0.495 e. The molecule has 2 N–H and O–H groups in total. The summed E-state index contributed by atoms with van der Waals surface area (Å²) in [5.74, 6) is 0.0137. The molecule has 2 amide bonds. The Balaban J connectivity index is 1.84. The van der Waals surface area contributed by atoms with Crippen molar-refractivity contribution in [2.75, 3.05) is 12.4 Å². The van der Waals surface area contributed by atoms with Gasteiger partial charge in [-0.15, -0.1) is 0 Å². The van der Waals surface area contributed by atoms with Crippen LogP contribution in [0.4, 0.5) is 5.69 Å². The van der Waals surface area contributed by atoms with Crippen molar-refractivity contribution in [3.8, 4) is 5.75 Å². The van der Waals surface area contributed by atoms with E-state index < -0.39 is 0 Å². The number of hydrogen-bond donors (Lipinski definition) is 2. The standard InChI is InChI=1S/C20H23N3O3/c1-3-16(15-9-5-4-6-10-15)22-23-20(25)14-13-19(24)21-17-11-7-8-12-18(17)26-2/h4-12H,3,13-14H2,1-2H3,(H,21,24)(H,23,25)/b22-16+. The van der Waals surface area contributed by atoms with E-state index in [0.717, 1.165) is 11.3 Å². The van der Waals surface area contributed by atoms with Crippen molar-refractivity contribution in [3.05, 3.63) is 60.2 Å². The second-order valence-electron chi connectivity index (χ2n) is 5.56. The maximum atomic E-state index is 12.0. The summed E-state index contributed by atoms with van der Waals surface area (Å²) < 4.78 is 5.18. The van der Waals surface area contributed by atoms with E-state index in [1.165, 1.54) is 7.11 Å². The number of anilines is 1. The van der Waals surface area contributed by atoms with Gasteiger partial charge in [-0.25, -0.2) is 5.43 Å². The van der Waals surface area contributed by atoms with Gasteiger partial charge in [0.05, 0.1) is 18.5 Å². The average molecular weight is 353 g/mol. The van der Waals surface area contributed by atoms with E-state index in [1.54, 1.807) is 18.2 Å². The van der Waals surface area contributed by atoms with Crippen molar-refractivity contribution < 1.29 is 14.3 Å². The highest BCUT2D eigenvalue weighted by Crippen LogP contribution is 2.23. The second-order valence-corrected chi connectivity index (χ2v) is 5.56. The van der Waals surface area contributed by atoms with Gasteiger partial charge in [0.1, 0.15) is 5.75 Å². The van der Waals surface area contributed by atoms with Gasteiger partial charge < -0.3 is 10.1 Å². The number of para-hydroxylation sites is 2. The Labute approximate surface area is 153 Å². The third-order valence-electron chi connectivity index (χ3n) is 3.72. The average Bonchev–Trinajstić information content (AvgIpc) is 2.68. The number of carbonyl (C=O) groups is 2. The number of carbonyl (C=O) groups excluding carboxylic acids is 2. The topological polar surface area (TPSA) is 79.8 Å². The minimum Gasteiger partial charge on any atom is -0.495 e. The summed E-state index contributed by atoms with van der Waals surface area (Å²) >= 11 is 0. The van der Waals surface area contributed by atoms with Crippen LogP contribution in [0.15, 0.2) is 59.7 Å². The van der Waals surface area contributed by atoms with E-state index in [1.807, 2.05) is 43.3 Å². The fourth-order valence-electron chi connectivity index (χ4n) is 2.35. The Morgan fingerprint density at radius 3 is 2.31 bits per heavy atom. The van der Waals surface area contributed by atoms with Crippen LogP contribution in [0.3, 0.4) is 0 Å². The molecular formula is C20H23N3O3. The van der Waals surface area contributed by atoms with Crippen LogP contribution >= 0.6 is 0 Å². The number of hydrazone groups is 1. The van der Waals surface area contributed by atoms with Crippen LogP contribution in [0.25, 0.3) is 0 Å². The van der Waals surface area contributed by atoms with E-state index in [-0.39, 0.29) is 24.7 Å². The van der Waals surface area contributed by atoms with Gasteiger partial charge in [-0.1, -0.05) is 49.4 Å². The first kappa shape index (κ1) is 19.2. The summed E-state index contributed by atoms with van der Waals surface area (Å²) in [6.07, 6.45) is 0.807. The maximum absolute atomic E-state index is 12.0. The highest BCUT2D eigenvalue weighted by molar-refractivity contribution is 6.01. The number of rotatable bonds is 8. The number of amides is 2. The van der Waals surface area contributed by atoms with Gasteiger partial charge >= 0.3 is 0 Å². The molecule has 2 aromatic carbocycles. The second kappa shape index (κ2) is 9.98. The van der Waals surface area contributed by atoms with Crippen LogP contribution < -0.4 is 15.5 Å². The van der Waals surface area contributed by atoms with E-state index in [0.29, 0.717) is 17.9 Å². The molecular weight excluding hydrogens is 330 g/mol. The van der Waals surface area contributed by atoms with Crippen LogP contribution in [0.1, 0.15) is 31.7 Å². The lowest BCUT2D eigenvalue weighted by Crippen LogP contribution is -2.22. The SMILES string of the molecule is CC/C(=N\NC(=O)CCC(=O)Nc1ccccc1OC)c1ccccc1. The predicted octanol–water partition coefficient (Wildman–Crippen LogP) is 3.34. The number of ether oxygens (including phenoxy) is 1. The predicted molar refractivity (Wildman–Crippen MR) is 102 cm³/mol. The number of methoxy groups -OCH3 is 1. The lowest BCUT2D eigenvalue weighted by Gasteiger charge is -2.09. The van der Waals surface area contributed by atoms with E-state index >= 15 is 0 Å². The molecule has 136 valence electrons. The van der Waals surface area contributed by atoms with Gasteiger partial charge in [0.2, 0.25) is 11.8 Å². The summed E-state index contributed by atoms with van der Waals surface area (Å²) in [5, 5.41) is 6.91. The molecule has 0 unspecified atom stereocenters. The van der Waals surface area contributed by atoms with Crippen molar-refractivity contribution in [2.45, 2.75) is 26.2 Å². The number of nitrogens with one attached hydrogen (secondary N) is 2. The molecule has 2 rings (SSSR count). The molecule has 0 aliphatic rings. The molecule has 0 atom stereocenters. The molecule has 0 bridgehead atoms. The Morgan fingerprint density at radius 1 is 0.962 bits per heavy atom. The molecule has 0 saturated heterocycles. The molecule has 0 spiro atoms. The lowest BCUT2D eigenvalue weighted by molar-refractivity contribution is -0.124. The monoisotopic (exact) mass is 353 g/mol. The Morgan fingerprint density at radius 2 is 1.62 bits per heavy atom. The summed E-state index contributed by atoms with van der Waals surface area (Å²) in [6, 6.07) is 16.8. The van der Waals surface area contributed by atoms with Gasteiger partial charge in [-0.05, 0) is 24.1 Å². The molecule has 0 aromatic heterocycles. The zero-order valence-electron chi connectivity index (χ0n) is 15.0. The Kier molecular flexibility index (Phi) is 7.36. The lowest BCUT2D eigenvalue weighted by atomic mass is 10.1. The molecule has 26 heavy (non-hydrogen) atoms. The molecule has 6 nitrogen and oxygen atoms in total. The summed E-state index contributed by atoms with van der Waals surface area (Å²) in [7, 11) is 1.54. The smallest absolute Gasteiger partial charge is 0.240 e. The first-order valence-electron chi connectivity index (χ1n) is 8.47. The zero-order valence-corrected chi connectivity index (χ0v) is 15.0. The first-order chi connectivity index (χ1) is 12.6. The van der Waals surface area contributed by atoms with Crippen molar-refractivity contribution in [1.29, 1.82) is 0 Å². The van der Waals surface area contributed by atoms with Crippen LogP contribution in [0, 0.1) is 0 Å². The minimum atomic E-state index is -0.304. The van der Waals surface area contributed by atoms with Crippen molar-refractivity contribution in [1.82, 2.24) is 5.43 Å². The van der Waals surface area contributed by atoms with Crippen molar-refractivity contribution in [2.24, 2.45) is 5.10 Å². The zero-order chi connectivity index (χ0) is 18.8. The van der Waals surface area contributed by atoms with Crippen LogP contribution in [0.2, 0.25) is 0 Å². The van der Waals surface area contributed by atoms with Gasteiger partial charge in [0, 0.05) is 12.8 Å². The maximum Gasteiger partial charge on any atom is 0.240 e. The van der Waals surface area contributed by atoms with Crippen LogP contribution in [-0.2, 0) is 9.59 Å². The molecule has 6 heteroatoms. The van der Waals surface area contributed by atoms with E-state index in [2.05, 4.69) is 15.8 Å². The number of hydrogen-bond acceptors (Lipinski definition) is 4. The summed E-state index contributed by atoms with van der Waals surface area (Å²) in [5.41, 5.74) is 4.85. The first-order valence-corrected chi connectivity index (χ1v) is 8.47. The molecule has 2 aromatic rings. The van der Waals surface area contributed by atoms with Crippen LogP contribution in [0.5, 0.6) is 5.75 Å². The molecule has 0 radical (unpaired) electrons. The fraction of sp³-hybridized carbons (Fsp3) is 0.250. The number of nitrogens with zero attached hydrogens (tertiary/aromatic N) is 1. The fourth-order valence-corrected chi connectivity index (χ4v) is 2.35.